The van der Waals surface area contributed by atoms with Gasteiger partial charge in [-0.1, -0.05) is 18.2 Å². The van der Waals surface area contributed by atoms with Crippen LogP contribution in [0.2, 0.25) is 0 Å². The Hall–Kier alpha value is -2.80. The van der Waals surface area contributed by atoms with Gasteiger partial charge >= 0.3 is 5.13 Å². The van der Waals surface area contributed by atoms with Crippen molar-refractivity contribution in [1.82, 2.24) is 0 Å². The molecule has 0 unspecified atom stereocenters. The molecule has 2 heterocycles. The first-order valence-electron chi connectivity index (χ1n) is 8.55. The van der Waals surface area contributed by atoms with Gasteiger partial charge in [-0.3, -0.25) is 0 Å². The summed E-state index contributed by atoms with van der Waals surface area (Å²) in [5.74, 6) is 0.747. The zero-order valence-electron chi connectivity index (χ0n) is 15.6. The summed E-state index contributed by atoms with van der Waals surface area (Å²) in [4.78, 5) is 0. The number of nitrogens with zero attached hydrogens (tertiary/aromatic N) is 3. The van der Waals surface area contributed by atoms with Crippen molar-refractivity contribution in [3.8, 4) is 17.2 Å². The molecule has 0 saturated heterocycles. The lowest BCUT2D eigenvalue weighted by Crippen LogP contribution is -2.68. The molecule has 2 aromatic carbocycles. The lowest BCUT2D eigenvalue weighted by atomic mass is 10.2. The van der Waals surface area contributed by atoms with Crippen LogP contribution in [0.4, 0.5) is 16.5 Å². The number of aryl methyl sites for hydroxylation is 1. The van der Waals surface area contributed by atoms with Gasteiger partial charge in [-0.15, -0.1) is 10.2 Å². The second kappa shape index (κ2) is 9.34. The Morgan fingerprint density at radius 2 is 1.83 bits per heavy atom. The molecule has 1 aliphatic rings. The number of rotatable bonds is 3. The average Bonchev–Trinajstić information content (AvgIpc) is 3.06. The minimum Gasteiger partial charge on any atom is -0.505 e. The summed E-state index contributed by atoms with van der Waals surface area (Å²) >= 11 is 1.50. The van der Waals surface area contributed by atoms with Gasteiger partial charge in [0, 0.05) is 24.1 Å². The molecule has 10 nitrogen and oxygen atoms in total. The SMILES string of the molecule is Cc1csc(N=Nc2cc3c(cc2O)NCCO3)[n+]1-c1ccccc1.[O-][Cl+3]([O-])([O-])[O-]. The molecule has 0 saturated carbocycles. The molecule has 0 spiro atoms. The van der Waals surface area contributed by atoms with E-state index in [-0.39, 0.29) is 5.75 Å². The van der Waals surface area contributed by atoms with Crippen molar-refractivity contribution >= 4 is 27.8 Å². The maximum atomic E-state index is 10.2. The summed E-state index contributed by atoms with van der Waals surface area (Å²) in [6.07, 6.45) is 0. The van der Waals surface area contributed by atoms with Crippen LogP contribution in [-0.2, 0) is 0 Å². The molecule has 0 atom stereocenters. The van der Waals surface area contributed by atoms with E-state index in [1.54, 1.807) is 12.1 Å². The van der Waals surface area contributed by atoms with Crippen LogP contribution in [0, 0.1) is 17.2 Å². The van der Waals surface area contributed by atoms with Crippen molar-refractivity contribution in [1.29, 1.82) is 0 Å². The number of para-hydroxylation sites is 1. The summed E-state index contributed by atoms with van der Waals surface area (Å²) in [5, 5.41) is 24.7. The van der Waals surface area contributed by atoms with Crippen LogP contribution in [0.25, 0.3) is 5.69 Å². The van der Waals surface area contributed by atoms with Gasteiger partial charge in [-0.05, 0) is 35.5 Å². The second-order valence-electron chi connectivity index (χ2n) is 6.02. The summed E-state index contributed by atoms with van der Waals surface area (Å²) in [5.41, 5.74) is 3.26. The molecule has 158 valence electrons. The highest BCUT2D eigenvalue weighted by molar-refractivity contribution is 7.13. The van der Waals surface area contributed by atoms with E-state index in [0.29, 0.717) is 18.0 Å². The third-order valence-corrected chi connectivity index (χ3v) is 4.82. The zero-order valence-corrected chi connectivity index (χ0v) is 17.2. The monoisotopic (exact) mass is 452 g/mol. The molecule has 30 heavy (non-hydrogen) atoms. The van der Waals surface area contributed by atoms with E-state index in [2.05, 4.69) is 15.5 Å². The molecule has 0 amide bonds. The van der Waals surface area contributed by atoms with Crippen molar-refractivity contribution in [2.45, 2.75) is 6.92 Å². The highest BCUT2D eigenvalue weighted by Gasteiger charge is 2.20. The molecule has 0 aliphatic carbocycles. The number of anilines is 1. The standard InChI is InChI=1S/C18H16N4O2S.ClHO4/c1-12-11-25-18(22(12)13-5-3-2-4-6-13)21-20-14-10-17-15(9-16(14)23)19-7-8-24-17;2-1(3,4)5/h2-6,9-11H,7-8H2,1H3,(H,19,23);(H,2,3,4,5). The van der Waals surface area contributed by atoms with Gasteiger partial charge in [0.2, 0.25) is 0 Å². The molecule has 12 heteroatoms. The number of aromatic hydroxyl groups is 1. The number of azo groups is 1. The highest BCUT2D eigenvalue weighted by atomic mass is 35.7. The number of benzene rings is 2. The number of nitrogens with one attached hydrogen (secondary N) is 1. The fraction of sp³-hybridized carbons (Fsp3) is 0.167. The van der Waals surface area contributed by atoms with E-state index < -0.39 is 10.2 Å². The van der Waals surface area contributed by atoms with Gasteiger partial charge in [0.15, 0.2) is 5.69 Å². The van der Waals surface area contributed by atoms with E-state index in [1.165, 1.54) is 11.3 Å². The maximum absolute atomic E-state index is 10.2. The molecule has 0 fully saturated rings. The minimum absolute atomic E-state index is 0.0695. The largest absolute Gasteiger partial charge is 0.505 e. The minimum atomic E-state index is -4.94. The fourth-order valence-electron chi connectivity index (χ4n) is 2.69. The number of ether oxygens (including phenoxy) is 1. The quantitative estimate of drug-likeness (QED) is 0.399. The Kier molecular flexibility index (Phi) is 6.82. The smallest absolute Gasteiger partial charge is 0.413 e. The molecular formula is C18H17ClN4O6S. The number of aromatic nitrogens is 1. The van der Waals surface area contributed by atoms with Gasteiger partial charge in [0.05, 0.1) is 10.8 Å². The van der Waals surface area contributed by atoms with E-state index >= 15 is 0 Å². The Labute approximate surface area is 177 Å². The first-order chi connectivity index (χ1) is 14.2. The summed E-state index contributed by atoms with van der Waals surface area (Å²) in [7, 11) is -4.94. The van der Waals surface area contributed by atoms with Crippen LogP contribution in [0.1, 0.15) is 5.69 Å². The number of hydrogen-bond donors (Lipinski definition) is 2. The molecule has 1 aliphatic heterocycles. The lowest BCUT2D eigenvalue weighted by molar-refractivity contribution is -2.00. The Morgan fingerprint density at radius 3 is 2.53 bits per heavy atom. The first kappa shape index (κ1) is 21.9. The van der Waals surface area contributed by atoms with Gasteiger partial charge in [0.1, 0.15) is 29.5 Å². The molecular weight excluding hydrogens is 436 g/mol. The van der Waals surface area contributed by atoms with E-state index in [9.17, 15) is 5.11 Å². The van der Waals surface area contributed by atoms with Crippen molar-refractivity contribution in [2.75, 3.05) is 18.5 Å². The van der Waals surface area contributed by atoms with Crippen molar-refractivity contribution in [2.24, 2.45) is 10.2 Å². The predicted molar refractivity (Wildman–Crippen MR) is 96.9 cm³/mol. The van der Waals surface area contributed by atoms with Crippen LogP contribution >= 0.6 is 11.3 Å². The highest BCUT2D eigenvalue weighted by Crippen LogP contribution is 2.39. The van der Waals surface area contributed by atoms with Crippen molar-refractivity contribution in [3.63, 3.8) is 0 Å². The van der Waals surface area contributed by atoms with Gasteiger partial charge in [-0.2, -0.15) is 4.57 Å². The Morgan fingerprint density at radius 1 is 1.13 bits per heavy atom. The molecule has 0 radical (unpaired) electrons. The van der Waals surface area contributed by atoms with Gasteiger partial charge in [-0.25, -0.2) is 18.6 Å². The van der Waals surface area contributed by atoms with Crippen LogP contribution in [0.15, 0.2) is 58.1 Å². The molecule has 3 aromatic rings. The van der Waals surface area contributed by atoms with E-state index in [4.69, 9.17) is 23.4 Å². The summed E-state index contributed by atoms with van der Waals surface area (Å²) in [6.45, 7) is 3.34. The Bertz CT molecular complexity index is 1030. The fourth-order valence-corrected chi connectivity index (χ4v) is 3.52. The third kappa shape index (κ3) is 5.86. The van der Waals surface area contributed by atoms with E-state index in [0.717, 1.165) is 28.7 Å². The normalized spacial score (nSPS) is 13.1. The summed E-state index contributed by atoms with van der Waals surface area (Å²) < 4.78 is 41.6. The number of fused-ring (bicyclic) bond motifs is 1. The molecule has 2 N–H and O–H groups in total. The van der Waals surface area contributed by atoms with Crippen LogP contribution in [0.5, 0.6) is 11.5 Å². The molecule has 1 aromatic heterocycles. The van der Waals surface area contributed by atoms with Crippen molar-refractivity contribution < 1.29 is 43.3 Å². The predicted octanol–water partition coefficient (Wildman–Crippen LogP) is -0.497. The first-order valence-corrected chi connectivity index (χ1v) is 10.7. The topological polar surface area (TPSA) is 162 Å². The third-order valence-electron chi connectivity index (χ3n) is 3.89. The van der Waals surface area contributed by atoms with E-state index in [1.807, 2.05) is 47.2 Å². The zero-order chi connectivity index (χ0) is 21.7. The second-order valence-corrected chi connectivity index (χ2v) is 7.61. The Balaban J connectivity index is 0.000000461. The molecule has 0 bridgehead atoms. The maximum Gasteiger partial charge on any atom is 0.413 e. The van der Waals surface area contributed by atoms with Gasteiger partial charge in [0.25, 0.3) is 0 Å². The number of phenolic OH excluding ortho intramolecular Hbond substituents is 1. The van der Waals surface area contributed by atoms with Crippen LogP contribution < -0.4 is 33.3 Å². The summed E-state index contributed by atoms with van der Waals surface area (Å²) in [6, 6.07) is 13.3. The average molecular weight is 453 g/mol. The van der Waals surface area contributed by atoms with Crippen LogP contribution in [0.3, 0.4) is 0 Å². The number of thiazole rings is 1. The number of halogens is 1. The number of hydrogen-bond acceptors (Lipinski definition) is 10. The van der Waals surface area contributed by atoms with Crippen molar-refractivity contribution in [3.05, 3.63) is 53.5 Å². The van der Waals surface area contributed by atoms with Crippen LogP contribution in [-0.4, -0.2) is 18.3 Å². The number of phenols is 1. The lowest BCUT2D eigenvalue weighted by Gasteiger charge is -2.19. The molecule has 4 rings (SSSR count). The van der Waals surface area contributed by atoms with Gasteiger partial charge < -0.3 is 15.2 Å².